The molecular weight excluding hydrogens is 249 g/mol. The molecule has 0 atom stereocenters. The van der Waals surface area contributed by atoms with Gasteiger partial charge in [0.25, 0.3) is 0 Å². The lowest BCUT2D eigenvalue weighted by Crippen LogP contribution is -2.41. The third-order valence-electron chi connectivity index (χ3n) is 4.13. The molecule has 0 aromatic heterocycles. The van der Waals surface area contributed by atoms with Crippen molar-refractivity contribution in [2.45, 2.75) is 38.9 Å². The Morgan fingerprint density at radius 3 is 1.90 bits per heavy atom. The van der Waals surface area contributed by atoms with E-state index in [1.807, 2.05) is 26.1 Å². The molecule has 4 heteroatoms. The van der Waals surface area contributed by atoms with E-state index in [0.717, 1.165) is 5.56 Å². The third kappa shape index (κ3) is 3.07. The van der Waals surface area contributed by atoms with Crippen molar-refractivity contribution in [1.29, 1.82) is 0 Å². The largest absolute Gasteiger partial charge is 0.487 e. The molecule has 0 aliphatic carbocycles. The second-order valence-electron chi connectivity index (χ2n) is 6.47. The van der Waals surface area contributed by atoms with Crippen molar-refractivity contribution < 1.29 is 9.31 Å². The molecule has 0 N–H and O–H groups in total. The average molecular weight is 273 g/mol. The van der Waals surface area contributed by atoms with Crippen LogP contribution in [-0.2, 0) is 9.31 Å². The molecule has 1 fully saturated rings. The van der Waals surface area contributed by atoms with Gasteiger partial charge in [-0.1, -0.05) is 24.2 Å². The van der Waals surface area contributed by atoms with E-state index in [1.54, 1.807) is 0 Å². The predicted molar refractivity (Wildman–Crippen MR) is 85.9 cm³/mol. The van der Waals surface area contributed by atoms with Gasteiger partial charge in [-0.05, 0) is 45.4 Å². The molecule has 1 heterocycles. The second kappa shape index (κ2) is 5.26. The molecule has 1 aliphatic heterocycles. The van der Waals surface area contributed by atoms with Crippen LogP contribution in [0.3, 0.4) is 0 Å². The summed E-state index contributed by atoms with van der Waals surface area (Å²) in [7, 11) is 3.79. The summed E-state index contributed by atoms with van der Waals surface area (Å²) >= 11 is 0. The molecule has 1 aromatic carbocycles. The summed E-state index contributed by atoms with van der Waals surface area (Å²) in [6, 6.07) is 8.39. The van der Waals surface area contributed by atoms with Gasteiger partial charge < -0.3 is 14.2 Å². The number of nitrogens with zero attached hydrogens (tertiary/aromatic N) is 1. The molecule has 1 saturated heterocycles. The van der Waals surface area contributed by atoms with Crippen LogP contribution in [0.25, 0.3) is 6.08 Å². The van der Waals surface area contributed by atoms with Crippen molar-refractivity contribution in [3.63, 3.8) is 0 Å². The Balaban J connectivity index is 2.04. The van der Waals surface area contributed by atoms with Gasteiger partial charge in [-0.2, -0.15) is 0 Å². The van der Waals surface area contributed by atoms with Crippen LogP contribution in [0.15, 0.2) is 30.2 Å². The normalized spacial score (nSPS) is 20.6. The van der Waals surface area contributed by atoms with Crippen molar-refractivity contribution in [2.75, 3.05) is 19.0 Å². The van der Waals surface area contributed by atoms with Crippen LogP contribution >= 0.6 is 0 Å². The summed E-state index contributed by atoms with van der Waals surface area (Å²) in [5.74, 6) is 1.97. The van der Waals surface area contributed by atoms with Gasteiger partial charge in [0.2, 0.25) is 0 Å². The number of hydrogen-bond acceptors (Lipinski definition) is 3. The molecule has 108 valence electrons. The first kappa shape index (κ1) is 15.1. The maximum atomic E-state index is 5.93. The highest BCUT2D eigenvalue weighted by molar-refractivity contribution is 6.52. The topological polar surface area (TPSA) is 21.7 Å². The average Bonchev–Trinajstić information content (AvgIpc) is 2.56. The molecule has 2 rings (SSSR count). The van der Waals surface area contributed by atoms with E-state index in [1.165, 1.54) is 5.69 Å². The summed E-state index contributed by atoms with van der Waals surface area (Å²) in [5, 5.41) is 0. The first-order chi connectivity index (χ1) is 9.21. The number of anilines is 1. The van der Waals surface area contributed by atoms with Crippen molar-refractivity contribution in [2.24, 2.45) is 0 Å². The highest BCUT2D eigenvalue weighted by atomic mass is 16.7. The van der Waals surface area contributed by atoms with Gasteiger partial charge >= 0.3 is 7.12 Å². The minimum absolute atomic E-state index is 0.281. The van der Waals surface area contributed by atoms with E-state index in [9.17, 15) is 0 Å². The summed E-state index contributed by atoms with van der Waals surface area (Å²) < 4.78 is 11.9. The highest BCUT2D eigenvalue weighted by Crippen LogP contribution is 2.37. The number of rotatable bonds is 3. The molecular formula is C16H24BNO2. The van der Waals surface area contributed by atoms with E-state index < -0.39 is 0 Å². The number of benzene rings is 1. The molecule has 1 aliphatic rings. The SMILES string of the molecule is CN(C)c1ccc(/C=C/B2OC(C)(C)C(C)(C)O2)cc1. The zero-order valence-electron chi connectivity index (χ0n) is 13.3. The zero-order valence-corrected chi connectivity index (χ0v) is 13.3. The monoisotopic (exact) mass is 273 g/mol. The quantitative estimate of drug-likeness (QED) is 0.788. The van der Waals surface area contributed by atoms with Crippen molar-refractivity contribution in [1.82, 2.24) is 0 Å². The van der Waals surface area contributed by atoms with E-state index in [0.29, 0.717) is 0 Å². The third-order valence-corrected chi connectivity index (χ3v) is 4.13. The van der Waals surface area contributed by atoms with Gasteiger partial charge in [-0.25, -0.2) is 0 Å². The molecule has 0 radical (unpaired) electrons. The standard InChI is InChI=1S/C16H24BNO2/c1-15(2)16(3,4)20-17(19-15)12-11-13-7-9-14(10-8-13)18(5)6/h7-12H,1-6H3/b12-11+. The van der Waals surface area contributed by atoms with Gasteiger partial charge in [0.05, 0.1) is 11.2 Å². The fraction of sp³-hybridized carbons (Fsp3) is 0.500. The van der Waals surface area contributed by atoms with Crippen LogP contribution in [0.1, 0.15) is 33.3 Å². The van der Waals surface area contributed by atoms with E-state index in [2.05, 4.69) is 56.9 Å². The molecule has 3 nitrogen and oxygen atoms in total. The second-order valence-corrected chi connectivity index (χ2v) is 6.47. The molecule has 0 saturated carbocycles. The van der Waals surface area contributed by atoms with Crippen LogP contribution in [0.5, 0.6) is 0 Å². The Hall–Kier alpha value is -1.26. The van der Waals surface area contributed by atoms with E-state index >= 15 is 0 Å². The van der Waals surface area contributed by atoms with Gasteiger partial charge in [0.1, 0.15) is 0 Å². The van der Waals surface area contributed by atoms with E-state index in [-0.39, 0.29) is 18.3 Å². The molecule has 0 amide bonds. The Morgan fingerprint density at radius 2 is 1.45 bits per heavy atom. The maximum Gasteiger partial charge on any atom is 0.487 e. The smallest absolute Gasteiger partial charge is 0.400 e. The van der Waals surface area contributed by atoms with Crippen LogP contribution in [0, 0.1) is 0 Å². The Labute approximate surface area is 122 Å². The van der Waals surface area contributed by atoms with Crippen molar-refractivity contribution >= 4 is 18.9 Å². The van der Waals surface area contributed by atoms with Gasteiger partial charge in [-0.3, -0.25) is 0 Å². The molecule has 0 unspecified atom stereocenters. The minimum atomic E-state index is -0.284. The first-order valence-corrected chi connectivity index (χ1v) is 7.02. The predicted octanol–water partition coefficient (Wildman–Crippen LogP) is 3.40. The fourth-order valence-corrected chi connectivity index (χ4v) is 2.04. The Morgan fingerprint density at radius 1 is 0.950 bits per heavy atom. The van der Waals surface area contributed by atoms with Gasteiger partial charge in [0.15, 0.2) is 0 Å². The summed E-state index contributed by atoms with van der Waals surface area (Å²) in [6.45, 7) is 8.25. The minimum Gasteiger partial charge on any atom is -0.400 e. The first-order valence-electron chi connectivity index (χ1n) is 7.02. The Bertz CT molecular complexity index is 476. The summed E-state index contributed by atoms with van der Waals surface area (Å²) in [4.78, 5) is 2.09. The summed E-state index contributed by atoms with van der Waals surface area (Å²) in [5.41, 5.74) is 1.77. The molecule has 1 aromatic rings. The highest BCUT2D eigenvalue weighted by Gasteiger charge is 2.49. The molecule has 0 spiro atoms. The molecule has 20 heavy (non-hydrogen) atoms. The van der Waals surface area contributed by atoms with Crippen molar-refractivity contribution in [3.05, 3.63) is 35.8 Å². The fourth-order valence-electron chi connectivity index (χ4n) is 2.04. The number of hydrogen-bond donors (Lipinski definition) is 0. The van der Waals surface area contributed by atoms with Gasteiger partial charge in [-0.15, -0.1) is 0 Å². The lowest BCUT2D eigenvalue weighted by molar-refractivity contribution is 0.00578. The Kier molecular flexibility index (Phi) is 3.98. The lowest BCUT2D eigenvalue weighted by atomic mass is 9.89. The summed E-state index contributed by atoms with van der Waals surface area (Å²) in [6.07, 6.45) is 2.04. The van der Waals surface area contributed by atoms with Crippen LogP contribution in [0.2, 0.25) is 0 Å². The lowest BCUT2D eigenvalue weighted by Gasteiger charge is -2.32. The zero-order chi connectivity index (χ0) is 15.0. The maximum absolute atomic E-state index is 5.93. The van der Waals surface area contributed by atoms with E-state index in [4.69, 9.17) is 9.31 Å². The van der Waals surface area contributed by atoms with Crippen LogP contribution < -0.4 is 4.90 Å². The van der Waals surface area contributed by atoms with Crippen LogP contribution in [-0.4, -0.2) is 32.4 Å². The van der Waals surface area contributed by atoms with Gasteiger partial charge in [0, 0.05) is 19.8 Å². The van der Waals surface area contributed by atoms with Crippen molar-refractivity contribution in [3.8, 4) is 0 Å². The molecule has 0 bridgehead atoms. The van der Waals surface area contributed by atoms with Crippen LogP contribution in [0.4, 0.5) is 5.69 Å².